The first kappa shape index (κ1) is 27.5. The molecule has 3 fully saturated rings. The quantitative estimate of drug-likeness (QED) is 0.179. The Morgan fingerprint density at radius 3 is 1.78 bits per heavy atom. The summed E-state index contributed by atoms with van der Waals surface area (Å²) in [6, 6.07) is 0. The van der Waals surface area contributed by atoms with Crippen molar-refractivity contribution in [3.05, 3.63) is 24.3 Å². The van der Waals surface area contributed by atoms with Gasteiger partial charge in [-0.05, 0) is 75.0 Å². The molecule has 0 spiro atoms. The predicted octanol–water partition coefficient (Wildman–Crippen LogP) is 2.98. The van der Waals surface area contributed by atoms with E-state index in [0.29, 0.717) is 59.9 Å². The third-order valence-electron chi connectivity index (χ3n) is 7.49. The SMILES string of the molecule is C=C(C)C(=O)OCCNC(=O)OCC1CC2C3CC(COC(=O)NCCOC(=O)C(=C)C)C(C3)C2C1. The van der Waals surface area contributed by atoms with Gasteiger partial charge >= 0.3 is 24.1 Å². The molecule has 3 aliphatic carbocycles. The second kappa shape index (κ2) is 12.8. The Balaban J connectivity index is 1.29. The summed E-state index contributed by atoms with van der Waals surface area (Å²) in [6.07, 6.45) is 3.32. The lowest BCUT2D eigenvalue weighted by molar-refractivity contribution is -0.139. The summed E-state index contributed by atoms with van der Waals surface area (Å²) < 4.78 is 20.7. The maximum Gasteiger partial charge on any atom is 0.407 e. The van der Waals surface area contributed by atoms with Gasteiger partial charge < -0.3 is 29.6 Å². The van der Waals surface area contributed by atoms with E-state index in [4.69, 9.17) is 18.9 Å². The van der Waals surface area contributed by atoms with Gasteiger partial charge in [0.1, 0.15) is 13.2 Å². The first-order chi connectivity index (χ1) is 17.2. The molecule has 0 aliphatic heterocycles. The van der Waals surface area contributed by atoms with Crippen molar-refractivity contribution in [2.24, 2.45) is 35.5 Å². The number of amides is 2. The number of alkyl carbamates (subject to hydrolysis) is 2. The number of carbonyl (C=O) groups is 4. The summed E-state index contributed by atoms with van der Waals surface area (Å²) in [6.45, 7) is 11.4. The molecule has 0 aromatic carbocycles. The molecule has 2 amide bonds. The van der Waals surface area contributed by atoms with Gasteiger partial charge in [0, 0.05) is 11.1 Å². The Kier molecular flexibility index (Phi) is 9.78. The number of nitrogens with one attached hydrogen (secondary N) is 2. The van der Waals surface area contributed by atoms with Crippen molar-refractivity contribution >= 4 is 24.1 Å². The molecular formula is C26H38N2O8. The lowest BCUT2D eigenvalue weighted by Crippen LogP contribution is -2.32. The Labute approximate surface area is 212 Å². The van der Waals surface area contributed by atoms with Gasteiger partial charge in [-0.1, -0.05) is 13.2 Å². The van der Waals surface area contributed by atoms with Crippen molar-refractivity contribution < 1.29 is 38.1 Å². The fourth-order valence-electron chi connectivity index (χ4n) is 5.97. The van der Waals surface area contributed by atoms with Crippen molar-refractivity contribution in [3.63, 3.8) is 0 Å². The van der Waals surface area contributed by atoms with Gasteiger partial charge in [-0.25, -0.2) is 19.2 Å². The molecule has 2 N–H and O–H groups in total. The molecule has 0 saturated heterocycles. The highest BCUT2D eigenvalue weighted by molar-refractivity contribution is 5.87. The van der Waals surface area contributed by atoms with Crippen LogP contribution in [0.15, 0.2) is 24.3 Å². The van der Waals surface area contributed by atoms with Gasteiger partial charge in [-0.3, -0.25) is 0 Å². The number of fused-ring (bicyclic) bond motifs is 5. The molecule has 36 heavy (non-hydrogen) atoms. The van der Waals surface area contributed by atoms with E-state index in [9.17, 15) is 19.2 Å². The van der Waals surface area contributed by atoms with Crippen LogP contribution in [0.3, 0.4) is 0 Å². The average molecular weight is 507 g/mol. The van der Waals surface area contributed by atoms with Crippen LogP contribution >= 0.6 is 0 Å². The molecule has 3 rings (SSSR count). The number of ether oxygens (including phenoxy) is 4. The second-order valence-electron chi connectivity index (χ2n) is 10.2. The van der Waals surface area contributed by atoms with Crippen LogP contribution in [-0.4, -0.2) is 63.6 Å². The largest absolute Gasteiger partial charge is 0.460 e. The molecule has 0 aromatic heterocycles. The van der Waals surface area contributed by atoms with E-state index in [1.54, 1.807) is 13.8 Å². The highest BCUT2D eigenvalue weighted by Gasteiger charge is 2.56. The van der Waals surface area contributed by atoms with Crippen molar-refractivity contribution in [3.8, 4) is 0 Å². The summed E-state index contributed by atoms with van der Waals surface area (Å²) in [7, 11) is 0. The lowest BCUT2D eigenvalue weighted by Gasteiger charge is -2.31. The fourth-order valence-corrected chi connectivity index (χ4v) is 5.97. The Bertz CT molecular complexity index is 872. The maximum atomic E-state index is 12.0. The molecule has 0 aromatic rings. The number of carbonyl (C=O) groups excluding carboxylic acids is 4. The maximum absolute atomic E-state index is 12.0. The average Bonchev–Trinajstić information content (AvgIpc) is 3.53. The zero-order chi connectivity index (χ0) is 26.2. The van der Waals surface area contributed by atoms with Crippen molar-refractivity contribution in [2.45, 2.75) is 39.5 Å². The van der Waals surface area contributed by atoms with Gasteiger partial charge in [-0.15, -0.1) is 0 Å². The lowest BCUT2D eigenvalue weighted by atomic mass is 9.76. The van der Waals surface area contributed by atoms with E-state index < -0.39 is 24.1 Å². The predicted molar refractivity (Wildman–Crippen MR) is 130 cm³/mol. The third-order valence-corrected chi connectivity index (χ3v) is 7.49. The summed E-state index contributed by atoms with van der Waals surface area (Å²) in [5.41, 5.74) is 0.629. The van der Waals surface area contributed by atoms with Gasteiger partial charge in [0.25, 0.3) is 0 Å². The summed E-state index contributed by atoms with van der Waals surface area (Å²) in [4.78, 5) is 46.6. The first-order valence-corrected chi connectivity index (χ1v) is 12.6. The van der Waals surface area contributed by atoms with Crippen LogP contribution in [0.1, 0.15) is 39.5 Å². The van der Waals surface area contributed by atoms with Crippen LogP contribution in [0.5, 0.6) is 0 Å². The van der Waals surface area contributed by atoms with E-state index in [1.165, 1.54) is 6.42 Å². The second-order valence-corrected chi connectivity index (χ2v) is 10.2. The molecule has 3 aliphatic rings. The van der Waals surface area contributed by atoms with Crippen LogP contribution < -0.4 is 10.6 Å². The first-order valence-electron chi connectivity index (χ1n) is 12.6. The van der Waals surface area contributed by atoms with E-state index in [1.807, 2.05) is 0 Å². The molecule has 200 valence electrons. The zero-order valence-corrected chi connectivity index (χ0v) is 21.2. The molecule has 3 saturated carbocycles. The van der Waals surface area contributed by atoms with Crippen LogP contribution in [0.4, 0.5) is 9.59 Å². The normalized spacial score (nSPS) is 27.5. The smallest absolute Gasteiger partial charge is 0.407 e. The fraction of sp³-hybridized carbons (Fsp3) is 0.692. The Morgan fingerprint density at radius 2 is 1.22 bits per heavy atom. The monoisotopic (exact) mass is 506 g/mol. The zero-order valence-electron chi connectivity index (χ0n) is 21.2. The molecule has 2 bridgehead atoms. The minimum absolute atomic E-state index is 0.0711. The van der Waals surface area contributed by atoms with Gasteiger partial charge in [0.15, 0.2) is 0 Å². The summed E-state index contributed by atoms with van der Waals surface area (Å²) >= 11 is 0. The van der Waals surface area contributed by atoms with E-state index in [-0.39, 0.29) is 26.3 Å². The molecule has 6 unspecified atom stereocenters. The van der Waals surface area contributed by atoms with Gasteiger partial charge in [-0.2, -0.15) is 0 Å². The Hall–Kier alpha value is -3.04. The third kappa shape index (κ3) is 7.48. The number of esters is 2. The summed E-state index contributed by atoms with van der Waals surface area (Å²) in [5, 5.41) is 5.20. The highest BCUT2D eigenvalue weighted by Crippen LogP contribution is 2.62. The number of rotatable bonds is 12. The molecule has 10 nitrogen and oxygen atoms in total. The Morgan fingerprint density at radius 1 is 0.694 bits per heavy atom. The highest BCUT2D eigenvalue weighted by atomic mass is 16.6. The van der Waals surface area contributed by atoms with Crippen molar-refractivity contribution in [1.29, 1.82) is 0 Å². The number of hydrogen-bond donors (Lipinski definition) is 2. The van der Waals surface area contributed by atoms with E-state index >= 15 is 0 Å². The van der Waals surface area contributed by atoms with Crippen LogP contribution in [0.25, 0.3) is 0 Å². The van der Waals surface area contributed by atoms with E-state index in [0.717, 1.165) is 19.3 Å². The molecule has 6 atom stereocenters. The van der Waals surface area contributed by atoms with Crippen LogP contribution in [0, 0.1) is 35.5 Å². The molecular weight excluding hydrogens is 468 g/mol. The van der Waals surface area contributed by atoms with Crippen LogP contribution in [-0.2, 0) is 28.5 Å². The topological polar surface area (TPSA) is 129 Å². The standard InChI is InChI=1S/C26H38N2O8/c1-15(2)23(29)33-7-5-27-25(31)35-13-17-9-20-18-11-19(21(12-18)22(20)10-17)14-36-26(32)28-6-8-34-24(30)16(3)4/h17-22H,1,3,5-14H2,2,4H3,(H,27,31)(H,28,32). The van der Waals surface area contributed by atoms with Gasteiger partial charge in [0.05, 0.1) is 26.3 Å². The minimum atomic E-state index is -0.506. The minimum Gasteiger partial charge on any atom is -0.460 e. The van der Waals surface area contributed by atoms with Crippen molar-refractivity contribution in [2.75, 3.05) is 39.5 Å². The van der Waals surface area contributed by atoms with Crippen molar-refractivity contribution in [1.82, 2.24) is 10.6 Å². The summed E-state index contributed by atoms with van der Waals surface area (Å²) in [5.74, 6) is 2.13. The van der Waals surface area contributed by atoms with Crippen LogP contribution in [0.2, 0.25) is 0 Å². The molecule has 10 heteroatoms. The van der Waals surface area contributed by atoms with E-state index in [2.05, 4.69) is 23.8 Å². The number of hydrogen-bond acceptors (Lipinski definition) is 8. The van der Waals surface area contributed by atoms with Gasteiger partial charge in [0.2, 0.25) is 0 Å². The molecule has 0 radical (unpaired) electrons. The molecule has 0 heterocycles.